The number of nitrogens with zero attached hydrogens (tertiary/aromatic N) is 1. The van der Waals surface area contributed by atoms with Crippen LogP contribution in [0.1, 0.15) is 21.5 Å². The van der Waals surface area contributed by atoms with Crippen molar-refractivity contribution in [2.45, 2.75) is 18.5 Å². The number of aromatic nitrogens is 1. The van der Waals surface area contributed by atoms with Crippen LogP contribution in [0.4, 0.5) is 0 Å². The van der Waals surface area contributed by atoms with Crippen molar-refractivity contribution < 1.29 is 18.3 Å². The lowest BCUT2D eigenvalue weighted by Crippen LogP contribution is -2.24. The quantitative estimate of drug-likeness (QED) is 0.874. The molecule has 0 radical (unpaired) electrons. The molecule has 110 valence electrons. The lowest BCUT2D eigenvalue weighted by molar-refractivity contribution is 0.0696. The summed E-state index contributed by atoms with van der Waals surface area (Å²) in [6.45, 7) is 2.04. The molecule has 1 heterocycles. The van der Waals surface area contributed by atoms with E-state index in [4.69, 9.17) is 5.11 Å². The Morgan fingerprint density at radius 1 is 1.24 bits per heavy atom. The van der Waals surface area contributed by atoms with Crippen LogP contribution in [0.5, 0.6) is 0 Å². The summed E-state index contributed by atoms with van der Waals surface area (Å²) in [5.74, 6) is -1.15. The number of carboxylic acids is 1. The number of benzene rings is 1. The number of carboxylic acid groups (broad SMARTS) is 1. The zero-order chi connectivity index (χ0) is 15.5. The highest BCUT2D eigenvalue weighted by atomic mass is 32.2. The van der Waals surface area contributed by atoms with Gasteiger partial charge in [-0.15, -0.1) is 0 Å². The van der Waals surface area contributed by atoms with E-state index in [9.17, 15) is 13.2 Å². The van der Waals surface area contributed by atoms with E-state index in [-0.39, 0.29) is 17.1 Å². The highest BCUT2D eigenvalue weighted by Gasteiger charge is 2.16. The highest BCUT2D eigenvalue weighted by molar-refractivity contribution is 7.89. The van der Waals surface area contributed by atoms with Gasteiger partial charge in [-0.2, -0.15) is 0 Å². The number of rotatable bonds is 5. The molecule has 0 amide bonds. The van der Waals surface area contributed by atoms with Crippen molar-refractivity contribution in [3.8, 4) is 0 Å². The third-order valence-corrected chi connectivity index (χ3v) is 4.29. The van der Waals surface area contributed by atoms with Gasteiger partial charge in [0, 0.05) is 12.7 Å². The van der Waals surface area contributed by atoms with Gasteiger partial charge in [0.25, 0.3) is 10.0 Å². The van der Waals surface area contributed by atoms with Crippen molar-refractivity contribution in [1.82, 2.24) is 9.71 Å². The smallest absolute Gasteiger partial charge is 0.337 e. The first-order valence-electron chi connectivity index (χ1n) is 6.13. The summed E-state index contributed by atoms with van der Waals surface area (Å²) in [6.07, 6.45) is 1.02. The number of hydrogen-bond acceptors (Lipinski definition) is 4. The fourth-order valence-corrected chi connectivity index (χ4v) is 2.65. The van der Waals surface area contributed by atoms with E-state index in [1.807, 2.05) is 31.2 Å². The number of pyridine rings is 1. The average Bonchev–Trinajstić information content (AvgIpc) is 2.46. The Balaban J connectivity index is 2.15. The van der Waals surface area contributed by atoms with Crippen LogP contribution in [0.3, 0.4) is 0 Å². The molecule has 0 fully saturated rings. The largest absolute Gasteiger partial charge is 0.478 e. The van der Waals surface area contributed by atoms with E-state index in [0.29, 0.717) is 0 Å². The highest BCUT2D eigenvalue weighted by Crippen LogP contribution is 2.10. The van der Waals surface area contributed by atoms with Crippen molar-refractivity contribution in [1.29, 1.82) is 0 Å². The van der Waals surface area contributed by atoms with Gasteiger partial charge in [0.2, 0.25) is 0 Å². The Kier molecular flexibility index (Phi) is 4.35. The Bertz CT molecular complexity index is 755. The molecular weight excluding hydrogens is 292 g/mol. The number of hydrogen-bond donors (Lipinski definition) is 2. The normalized spacial score (nSPS) is 11.3. The van der Waals surface area contributed by atoms with Crippen LogP contribution < -0.4 is 4.72 Å². The topological polar surface area (TPSA) is 96.4 Å². The van der Waals surface area contributed by atoms with E-state index in [1.165, 1.54) is 12.1 Å². The molecule has 0 aliphatic heterocycles. The van der Waals surface area contributed by atoms with Gasteiger partial charge in [-0.3, -0.25) is 0 Å². The molecule has 0 aliphatic carbocycles. The molecule has 2 rings (SSSR count). The van der Waals surface area contributed by atoms with Crippen molar-refractivity contribution >= 4 is 16.0 Å². The molecule has 1 aromatic heterocycles. The Labute approximate surface area is 122 Å². The van der Waals surface area contributed by atoms with Crippen molar-refractivity contribution in [2.24, 2.45) is 0 Å². The van der Waals surface area contributed by atoms with Gasteiger partial charge >= 0.3 is 5.97 Å². The summed E-state index contributed by atoms with van der Waals surface area (Å²) in [7, 11) is -3.77. The molecule has 0 aliphatic rings. The molecule has 2 aromatic rings. The Hall–Kier alpha value is -2.25. The van der Waals surface area contributed by atoms with Crippen LogP contribution >= 0.6 is 0 Å². The number of aryl methyl sites for hydroxylation is 1. The Morgan fingerprint density at radius 2 is 1.95 bits per heavy atom. The van der Waals surface area contributed by atoms with Crippen molar-refractivity contribution in [3.05, 3.63) is 59.3 Å². The number of nitrogens with one attached hydrogen (secondary N) is 1. The SMILES string of the molecule is Cc1ccccc1CNS(=O)(=O)c1ccc(C(=O)O)cn1. The zero-order valence-electron chi connectivity index (χ0n) is 11.3. The van der Waals surface area contributed by atoms with E-state index >= 15 is 0 Å². The second-order valence-corrected chi connectivity index (χ2v) is 6.16. The molecule has 0 atom stereocenters. The van der Waals surface area contributed by atoms with Crippen LogP contribution in [0.2, 0.25) is 0 Å². The average molecular weight is 306 g/mol. The summed E-state index contributed by atoms with van der Waals surface area (Å²) in [5.41, 5.74) is 1.78. The maximum atomic E-state index is 12.1. The van der Waals surface area contributed by atoms with Crippen molar-refractivity contribution in [3.63, 3.8) is 0 Å². The molecule has 21 heavy (non-hydrogen) atoms. The van der Waals surface area contributed by atoms with Crippen molar-refractivity contribution in [2.75, 3.05) is 0 Å². The van der Waals surface area contributed by atoms with Gasteiger partial charge in [-0.25, -0.2) is 22.9 Å². The van der Waals surface area contributed by atoms with Gasteiger partial charge in [-0.05, 0) is 30.2 Å². The lowest BCUT2D eigenvalue weighted by atomic mass is 10.1. The molecule has 2 N–H and O–H groups in total. The third-order valence-electron chi connectivity index (χ3n) is 2.97. The predicted molar refractivity (Wildman–Crippen MR) is 76.4 cm³/mol. The standard InChI is InChI=1S/C14H14N2O4S/c1-10-4-2-3-5-11(10)9-16-21(19,20)13-7-6-12(8-15-13)14(17)18/h2-8,16H,9H2,1H3,(H,17,18). The van der Waals surface area contributed by atoms with E-state index in [0.717, 1.165) is 17.3 Å². The molecule has 0 saturated carbocycles. The summed E-state index contributed by atoms with van der Waals surface area (Å²) in [6, 6.07) is 9.81. The third kappa shape index (κ3) is 3.65. The minimum absolute atomic E-state index is 0.0622. The fraction of sp³-hybridized carbons (Fsp3) is 0.143. The minimum Gasteiger partial charge on any atom is -0.478 e. The van der Waals surface area contributed by atoms with Gasteiger partial charge in [0.1, 0.15) is 0 Å². The molecule has 0 saturated heterocycles. The minimum atomic E-state index is -3.77. The second kappa shape index (κ2) is 6.02. The van der Waals surface area contributed by atoms with E-state index in [2.05, 4.69) is 9.71 Å². The number of carbonyl (C=O) groups is 1. The van der Waals surface area contributed by atoms with Crippen LogP contribution in [-0.4, -0.2) is 24.5 Å². The summed E-state index contributed by atoms with van der Waals surface area (Å²) >= 11 is 0. The van der Waals surface area contributed by atoms with Crippen LogP contribution in [0, 0.1) is 6.92 Å². The second-order valence-electron chi connectivity index (χ2n) is 4.44. The molecular formula is C14H14N2O4S. The molecule has 0 unspecified atom stereocenters. The van der Waals surface area contributed by atoms with Crippen LogP contribution in [-0.2, 0) is 16.6 Å². The zero-order valence-corrected chi connectivity index (χ0v) is 12.1. The first-order chi connectivity index (χ1) is 9.90. The molecule has 0 bridgehead atoms. The monoisotopic (exact) mass is 306 g/mol. The summed E-state index contributed by atoms with van der Waals surface area (Å²) in [5, 5.41) is 8.55. The van der Waals surface area contributed by atoms with E-state index < -0.39 is 16.0 Å². The first kappa shape index (κ1) is 15.1. The lowest BCUT2D eigenvalue weighted by Gasteiger charge is -2.08. The number of aromatic carboxylic acids is 1. The Morgan fingerprint density at radius 3 is 2.52 bits per heavy atom. The van der Waals surface area contributed by atoms with Gasteiger partial charge in [-0.1, -0.05) is 24.3 Å². The molecule has 1 aromatic carbocycles. The maximum Gasteiger partial charge on any atom is 0.337 e. The van der Waals surface area contributed by atoms with E-state index in [1.54, 1.807) is 0 Å². The van der Waals surface area contributed by atoms with Gasteiger partial charge < -0.3 is 5.11 Å². The first-order valence-corrected chi connectivity index (χ1v) is 7.62. The summed E-state index contributed by atoms with van der Waals surface area (Å²) in [4.78, 5) is 14.4. The molecule has 6 nitrogen and oxygen atoms in total. The predicted octanol–water partition coefficient (Wildman–Crippen LogP) is 1.57. The number of sulfonamides is 1. The van der Waals surface area contributed by atoms with Gasteiger partial charge in [0.15, 0.2) is 5.03 Å². The summed E-state index contributed by atoms with van der Waals surface area (Å²) < 4.78 is 26.6. The maximum absolute atomic E-state index is 12.1. The molecule has 0 spiro atoms. The fourth-order valence-electron chi connectivity index (χ4n) is 1.72. The van der Waals surface area contributed by atoms with Crippen LogP contribution in [0.15, 0.2) is 47.6 Å². The van der Waals surface area contributed by atoms with Crippen LogP contribution in [0.25, 0.3) is 0 Å². The van der Waals surface area contributed by atoms with Gasteiger partial charge in [0.05, 0.1) is 5.56 Å². The molecule has 7 heteroatoms.